The van der Waals surface area contributed by atoms with Crippen LogP contribution in [0.1, 0.15) is 28.8 Å². The van der Waals surface area contributed by atoms with Crippen molar-refractivity contribution in [2.75, 3.05) is 6.61 Å². The summed E-state index contributed by atoms with van der Waals surface area (Å²) in [5.74, 6) is -0.170. The third kappa shape index (κ3) is 2.23. The molecule has 4 heteroatoms. The monoisotopic (exact) mass is 221 g/mol. The second-order valence-electron chi connectivity index (χ2n) is 4.25. The molecule has 0 bridgehead atoms. The molecule has 3 N–H and O–H groups in total. The maximum atomic E-state index is 11.8. The molecule has 16 heavy (non-hydrogen) atoms. The third-order valence-corrected chi connectivity index (χ3v) is 2.93. The first kappa shape index (κ1) is 11.1. The standard InChI is InChI=1S/C12H15NO3/c14-7-9-1-3-10(4-2-9)11(16)13-12(8-15)5-6-12/h1-4,14-15H,5-8H2,(H,13,16). The Balaban J connectivity index is 2.03. The maximum absolute atomic E-state index is 11.8. The molecule has 1 amide bonds. The van der Waals surface area contributed by atoms with Gasteiger partial charge in [-0.2, -0.15) is 0 Å². The molecule has 0 unspecified atom stereocenters. The van der Waals surface area contributed by atoms with E-state index in [9.17, 15) is 4.79 Å². The summed E-state index contributed by atoms with van der Waals surface area (Å²) < 4.78 is 0. The third-order valence-electron chi connectivity index (χ3n) is 2.93. The van der Waals surface area contributed by atoms with Gasteiger partial charge in [-0.3, -0.25) is 4.79 Å². The summed E-state index contributed by atoms with van der Waals surface area (Å²) in [6.07, 6.45) is 1.67. The topological polar surface area (TPSA) is 69.6 Å². The zero-order chi connectivity index (χ0) is 11.6. The first-order valence-electron chi connectivity index (χ1n) is 5.32. The lowest BCUT2D eigenvalue weighted by atomic mass is 10.1. The second kappa shape index (κ2) is 4.23. The van der Waals surface area contributed by atoms with E-state index in [0.29, 0.717) is 5.56 Å². The van der Waals surface area contributed by atoms with Crippen molar-refractivity contribution in [3.05, 3.63) is 35.4 Å². The van der Waals surface area contributed by atoms with Gasteiger partial charge in [0, 0.05) is 5.56 Å². The van der Waals surface area contributed by atoms with E-state index in [1.807, 2.05) is 0 Å². The Hall–Kier alpha value is -1.39. The van der Waals surface area contributed by atoms with Crippen molar-refractivity contribution in [2.24, 2.45) is 0 Å². The van der Waals surface area contributed by atoms with Crippen molar-refractivity contribution in [1.82, 2.24) is 5.32 Å². The van der Waals surface area contributed by atoms with E-state index in [4.69, 9.17) is 10.2 Å². The van der Waals surface area contributed by atoms with Crippen LogP contribution in [-0.4, -0.2) is 28.3 Å². The van der Waals surface area contributed by atoms with Gasteiger partial charge in [0.25, 0.3) is 5.91 Å². The molecule has 1 aromatic carbocycles. The van der Waals surface area contributed by atoms with E-state index in [1.165, 1.54) is 0 Å². The quantitative estimate of drug-likeness (QED) is 0.690. The Bertz CT molecular complexity index is 382. The van der Waals surface area contributed by atoms with E-state index in [-0.39, 0.29) is 24.7 Å². The maximum Gasteiger partial charge on any atom is 0.251 e. The normalized spacial score (nSPS) is 16.9. The molecular formula is C12H15NO3. The molecule has 1 aliphatic carbocycles. The molecule has 4 nitrogen and oxygen atoms in total. The van der Waals surface area contributed by atoms with Gasteiger partial charge in [-0.05, 0) is 30.5 Å². The minimum Gasteiger partial charge on any atom is -0.394 e. The lowest BCUT2D eigenvalue weighted by molar-refractivity contribution is 0.0906. The highest BCUT2D eigenvalue weighted by atomic mass is 16.3. The Labute approximate surface area is 93.9 Å². The number of amides is 1. The summed E-state index contributed by atoms with van der Waals surface area (Å²) in [6.45, 7) is -0.0318. The number of aliphatic hydroxyl groups excluding tert-OH is 2. The Morgan fingerprint density at radius 1 is 1.25 bits per heavy atom. The number of carbonyl (C=O) groups is 1. The van der Waals surface area contributed by atoms with Gasteiger partial charge in [0.15, 0.2) is 0 Å². The van der Waals surface area contributed by atoms with Crippen molar-refractivity contribution in [3.8, 4) is 0 Å². The Kier molecular flexibility index (Phi) is 2.94. The van der Waals surface area contributed by atoms with Crippen LogP contribution in [0.3, 0.4) is 0 Å². The van der Waals surface area contributed by atoms with Crippen LogP contribution in [0, 0.1) is 0 Å². The van der Waals surface area contributed by atoms with Gasteiger partial charge in [-0.25, -0.2) is 0 Å². The minimum atomic E-state index is -0.382. The molecule has 0 heterocycles. The van der Waals surface area contributed by atoms with Crippen LogP contribution < -0.4 is 5.32 Å². The number of hydrogen-bond donors (Lipinski definition) is 3. The first-order valence-corrected chi connectivity index (χ1v) is 5.32. The summed E-state index contributed by atoms with van der Waals surface area (Å²) in [4.78, 5) is 11.8. The van der Waals surface area contributed by atoms with Gasteiger partial charge in [0.2, 0.25) is 0 Å². The second-order valence-corrected chi connectivity index (χ2v) is 4.25. The molecule has 1 saturated carbocycles. The lowest BCUT2D eigenvalue weighted by Gasteiger charge is -2.14. The zero-order valence-corrected chi connectivity index (χ0v) is 8.94. The molecule has 2 rings (SSSR count). The molecular weight excluding hydrogens is 206 g/mol. The molecule has 0 spiro atoms. The molecule has 86 valence electrons. The van der Waals surface area contributed by atoms with Crippen LogP contribution in [0.4, 0.5) is 0 Å². The van der Waals surface area contributed by atoms with Gasteiger partial charge in [0.1, 0.15) is 0 Å². The number of nitrogens with one attached hydrogen (secondary N) is 1. The molecule has 1 aromatic rings. The molecule has 0 atom stereocenters. The molecule has 1 aliphatic rings. The lowest BCUT2D eigenvalue weighted by Crippen LogP contribution is -2.39. The predicted molar refractivity (Wildman–Crippen MR) is 58.9 cm³/mol. The number of hydrogen-bond acceptors (Lipinski definition) is 3. The van der Waals surface area contributed by atoms with E-state index >= 15 is 0 Å². The van der Waals surface area contributed by atoms with Gasteiger partial charge >= 0.3 is 0 Å². The highest BCUT2D eigenvalue weighted by molar-refractivity contribution is 5.95. The van der Waals surface area contributed by atoms with Gasteiger partial charge in [-0.15, -0.1) is 0 Å². The largest absolute Gasteiger partial charge is 0.394 e. The molecule has 0 aliphatic heterocycles. The van der Waals surface area contributed by atoms with E-state index in [2.05, 4.69) is 5.32 Å². The van der Waals surface area contributed by atoms with E-state index in [0.717, 1.165) is 18.4 Å². The van der Waals surface area contributed by atoms with Crippen molar-refractivity contribution < 1.29 is 15.0 Å². The van der Waals surface area contributed by atoms with E-state index < -0.39 is 0 Å². The summed E-state index contributed by atoms with van der Waals surface area (Å²) in [6, 6.07) is 6.78. The Morgan fingerprint density at radius 3 is 2.31 bits per heavy atom. The van der Waals surface area contributed by atoms with Crippen LogP contribution in [-0.2, 0) is 6.61 Å². The van der Waals surface area contributed by atoms with Crippen molar-refractivity contribution in [1.29, 1.82) is 0 Å². The highest BCUT2D eigenvalue weighted by Crippen LogP contribution is 2.34. The SMILES string of the molecule is O=C(NC1(CO)CC1)c1ccc(CO)cc1. The summed E-state index contributed by atoms with van der Waals surface area (Å²) in [5, 5.41) is 20.8. The van der Waals surface area contributed by atoms with E-state index in [1.54, 1.807) is 24.3 Å². The highest BCUT2D eigenvalue weighted by Gasteiger charge is 2.43. The smallest absolute Gasteiger partial charge is 0.251 e. The summed E-state index contributed by atoms with van der Waals surface area (Å²) in [7, 11) is 0. The average molecular weight is 221 g/mol. The van der Waals surface area contributed by atoms with Gasteiger partial charge in [0.05, 0.1) is 18.8 Å². The van der Waals surface area contributed by atoms with Crippen molar-refractivity contribution in [3.63, 3.8) is 0 Å². The minimum absolute atomic E-state index is 0.00648. The fourth-order valence-electron chi connectivity index (χ4n) is 1.55. The van der Waals surface area contributed by atoms with Crippen LogP contribution in [0.2, 0.25) is 0 Å². The van der Waals surface area contributed by atoms with Gasteiger partial charge in [-0.1, -0.05) is 12.1 Å². The van der Waals surface area contributed by atoms with Crippen molar-refractivity contribution in [2.45, 2.75) is 25.0 Å². The molecule has 0 radical (unpaired) electrons. The number of aliphatic hydroxyl groups is 2. The molecule has 0 saturated heterocycles. The number of benzene rings is 1. The molecule has 0 aromatic heterocycles. The first-order chi connectivity index (χ1) is 7.69. The molecule has 1 fully saturated rings. The van der Waals surface area contributed by atoms with Gasteiger partial charge < -0.3 is 15.5 Å². The average Bonchev–Trinajstić information content (AvgIpc) is 3.09. The number of rotatable bonds is 4. The van der Waals surface area contributed by atoms with Crippen LogP contribution in [0.5, 0.6) is 0 Å². The fraction of sp³-hybridized carbons (Fsp3) is 0.417. The summed E-state index contributed by atoms with van der Waals surface area (Å²) in [5.41, 5.74) is 0.948. The summed E-state index contributed by atoms with van der Waals surface area (Å²) >= 11 is 0. The van der Waals surface area contributed by atoms with Crippen LogP contribution in [0.15, 0.2) is 24.3 Å². The predicted octanol–water partition coefficient (Wildman–Crippen LogP) is 0.434. The Morgan fingerprint density at radius 2 is 1.88 bits per heavy atom. The zero-order valence-electron chi connectivity index (χ0n) is 8.94. The number of carbonyl (C=O) groups excluding carboxylic acids is 1. The van der Waals surface area contributed by atoms with Crippen LogP contribution >= 0.6 is 0 Å². The van der Waals surface area contributed by atoms with Crippen molar-refractivity contribution >= 4 is 5.91 Å². The fourth-order valence-corrected chi connectivity index (χ4v) is 1.55. The van der Waals surface area contributed by atoms with Crippen LogP contribution in [0.25, 0.3) is 0 Å².